The van der Waals surface area contributed by atoms with Gasteiger partial charge < -0.3 is 52.8 Å². The molecule has 51 heavy (non-hydrogen) atoms. The van der Waals surface area contributed by atoms with Crippen molar-refractivity contribution in [3.8, 4) is 0 Å². The van der Waals surface area contributed by atoms with Crippen molar-refractivity contribution in [1.29, 1.82) is 0 Å². The Hall–Kier alpha value is -0.330. The van der Waals surface area contributed by atoms with E-state index in [4.69, 9.17) is 16.3 Å². The lowest BCUT2D eigenvalue weighted by Gasteiger charge is -2.52. The molecule has 8 rings (SSSR count). The molecule has 6 fully saturated rings. The Balaban J connectivity index is 0.000000289. The number of nitrogens with zero attached hydrogens (tertiary/aromatic N) is 2. The van der Waals surface area contributed by atoms with Crippen molar-refractivity contribution in [2.75, 3.05) is 49.9 Å². The van der Waals surface area contributed by atoms with Gasteiger partial charge in [0.25, 0.3) is 0 Å². The summed E-state index contributed by atoms with van der Waals surface area (Å²) < 4.78 is 8.11. The molecule has 11 heteroatoms. The zero-order valence-corrected chi connectivity index (χ0v) is 37.2. The van der Waals surface area contributed by atoms with E-state index in [0.29, 0.717) is 24.7 Å². The van der Waals surface area contributed by atoms with Crippen molar-refractivity contribution in [3.05, 3.63) is 71.8 Å². The number of carbonyl (C=O) groups is 2. The van der Waals surface area contributed by atoms with Crippen LogP contribution in [0.1, 0.15) is 88.2 Å². The summed E-state index contributed by atoms with van der Waals surface area (Å²) in [6, 6.07) is 21.5. The Labute approximate surface area is 350 Å². The molecule has 2 aromatic carbocycles. The smallest absolute Gasteiger partial charge is 0.306 e. The SMILES string of the molecule is O=C(CCCCCBr)O[C@H]1C[N+]2(Cc3ccccc3)CCC1CC2.O=C(Cl)CCCCCBr.O[C@H]1C[N+]2(Cc3ccccc3)CCC1CC2.[Br-].[Br-]. The van der Waals surface area contributed by atoms with Crippen molar-refractivity contribution in [3.63, 3.8) is 0 Å². The lowest BCUT2D eigenvalue weighted by molar-refractivity contribution is -0.958. The first kappa shape index (κ1) is 46.8. The zero-order chi connectivity index (χ0) is 35.0. The molecule has 0 saturated carbocycles. The maximum Gasteiger partial charge on any atom is 0.306 e. The van der Waals surface area contributed by atoms with Gasteiger partial charge in [0.05, 0.1) is 26.2 Å². The average molecular weight is 987 g/mol. The molecule has 1 N–H and O–H groups in total. The number of hydrogen-bond acceptors (Lipinski definition) is 4. The van der Waals surface area contributed by atoms with Gasteiger partial charge in [-0.25, -0.2) is 0 Å². The minimum Gasteiger partial charge on any atom is -1.00 e. The van der Waals surface area contributed by atoms with Crippen LogP contribution >= 0.6 is 43.5 Å². The van der Waals surface area contributed by atoms with E-state index in [0.717, 1.165) is 84.3 Å². The Morgan fingerprint density at radius 2 is 1.12 bits per heavy atom. The highest BCUT2D eigenvalue weighted by atomic mass is 79.9. The number of esters is 1. The van der Waals surface area contributed by atoms with Crippen LogP contribution in [-0.4, -0.2) is 87.4 Å². The maximum atomic E-state index is 12.2. The Bertz CT molecular complexity index is 1250. The number of piperidine rings is 6. The van der Waals surface area contributed by atoms with E-state index in [1.807, 2.05) is 0 Å². The normalized spacial score (nSPS) is 27.0. The largest absolute Gasteiger partial charge is 1.00 e. The van der Waals surface area contributed by atoms with E-state index in [2.05, 4.69) is 92.5 Å². The fraction of sp³-hybridized carbons (Fsp3) is 0.650. The Morgan fingerprint density at radius 3 is 1.57 bits per heavy atom. The van der Waals surface area contributed by atoms with Gasteiger partial charge in [-0.15, -0.1) is 0 Å². The minimum atomic E-state index is -0.218. The lowest BCUT2D eigenvalue weighted by Crippen LogP contribution is -3.00. The first-order valence-electron chi connectivity index (χ1n) is 18.7. The fourth-order valence-corrected chi connectivity index (χ4v) is 9.22. The van der Waals surface area contributed by atoms with Crippen LogP contribution in [0.3, 0.4) is 0 Å². The van der Waals surface area contributed by atoms with Crippen molar-refractivity contribution in [1.82, 2.24) is 0 Å². The van der Waals surface area contributed by atoms with E-state index in [1.54, 1.807) is 0 Å². The number of ether oxygens (including phenoxy) is 1. The molecule has 6 aliphatic rings. The number of benzene rings is 2. The third-order valence-electron chi connectivity index (χ3n) is 11.1. The highest BCUT2D eigenvalue weighted by Crippen LogP contribution is 2.37. The molecule has 0 aromatic heterocycles. The summed E-state index contributed by atoms with van der Waals surface area (Å²) in [5.41, 5.74) is 2.81. The zero-order valence-electron chi connectivity index (χ0n) is 30.1. The second-order valence-corrected chi connectivity index (χ2v) is 16.9. The molecule has 0 amide bonds. The summed E-state index contributed by atoms with van der Waals surface area (Å²) in [5.74, 6) is 1.20. The number of hydrogen-bond donors (Lipinski definition) is 1. The molecule has 0 spiro atoms. The topological polar surface area (TPSA) is 63.6 Å². The number of quaternary nitrogens is 2. The fourth-order valence-electron chi connectivity index (χ4n) is 8.29. The van der Waals surface area contributed by atoms with Gasteiger partial charge in [0, 0.05) is 72.1 Å². The first-order valence-corrected chi connectivity index (χ1v) is 21.3. The summed E-state index contributed by atoms with van der Waals surface area (Å²) >= 11 is 11.8. The second kappa shape index (κ2) is 25.0. The second-order valence-electron chi connectivity index (χ2n) is 14.9. The molecule has 6 aliphatic heterocycles. The maximum absolute atomic E-state index is 12.2. The third-order valence-corrected chi connectivity index (χ3v) is 12.4. The monoisotopic (exact) mass is 982 g/mol. The summed E-state index contributed by atoms with van der Waals surface area (Å²) in [6.07, 6.45) is 12.4. The number of fused-ring (bicyclic) bond motifs is 6. The summed E-state index contributed by atoms with van der Waals surface area (Å²) in [7, 11) is 0. The van der Waals surface area contributed by atoms with Crippen LogP contribution in [-0.2, 0) is 27.4 Å². The van der Waals surface area contributed by atoms with Crippen LogP contribution in [0.4, 0.5) is 0 Å². The number of aliphatic hydroxyl groups excluding tert-OH is 1. The van der Waals surface area contributed by atoms with Gasteiger partial charge >= 0.3 is 5.97 Å². The lowest BCUT2D eigenvalue weighted by atomic mass is 9.83. The van der Waals surface area contributed by atoms with Crippen molar-refractivity contribution in [2.24, 2.45) is 11.8 Å². The van der Waals surface area contributed by atoms with Crippen molar-refractivity contribution in [2.45, 2.75) is 102 Å². The van der Waals surface area contributed by atoms with Crippen molar-refractivity contribution < 1.29 is 62.4 Å². The van der Waals surface area contributed by atoms with E-state index >= 15 is 0 Å². The summed E-state index contributed by atoms with van der Waals surface area (Å²) in [5, 5.41) is 11.8. The molecule has 288 valence electrons. The molecule has 4 bridgehead atoms. The standard InChI is InChI=1S/C20H29BrNO2.C14H20NO.C6H10BrClO.2BrH/c21-12-6-2-5-9-20(23)24-19-16-22(13-10-18(19)11-14-22)15-17-7-3-1-4-8-17;16-14-11-15(8-6-13(14)7-9-15)10-12-4-2-1-3-5-12;7-5-3-1-2-4-6(8)9;;/h1,3-4,7-8,18-19H,2,5-6,9-16H2;1-5,13-14,16H,6-11H2;1-5H2;2*1H/q2*+1;;;/p-2/t18?,19-,22?;13?,14-,15?;;;/m00.../s1. The molecule has 2 aromatic rings. The van der Waals surface area contributed by atoms with Crippen LogP contribution in [0.25, 0.3) is 0 Å². The van der Waals surface area contributed by atoms with Crippen LogP contribution in [0.5, 0.6) is 0 Å². The highest BCUT2D eigenvalue weighted by Gasteiger charge is 2.47. The van der Waals surface area contributed by atoms with Crippen LogP contribution in [0.15, 0.2) is 60.7 Å². The van der Waals surface area contributed by atoms with E-state index < -0.39 is 0 Å². The molecular weight excluding hydrogens is 928 g/mol. The molecular formula is C40H59Br4ClN2O4. The number of carbonyl (C=O) groups excluding carboxylic acids is 2. The molecule has 0 unspecified atom stereocenters. The van der Waals surface area contributed by atoms with Crippen LogP contribution in [0.2, 0.25) is 0 Å². The number of rotatable bonds is 15. The predicted octanol–water partition coefficient (Wildman–Crippen LogP) is 2.80. The molecule has 6 nitrogen and oxygen atoms in total. The number of aliphatic hydroxyl groups is 1. The summed E-state index contributed by atoms with van der Waals surface area (Å²) in [4.78, 5) is 22.3. The highest BCUT2D eigenvalue weighted by molar-refractivity contribution is 9.09. The van der Waals surface area contributed by atoms with Crippen LogP contribution < -0.4 is 34.0 Å². The molecule has 2 atom stereocenters. The number of alkyl halides is 2. The average Bonchev–Trinajstić information content (AvgIpc) is 3.10. The van der Waals surface area contributed by atoms with Crippen LogP contribution in [0, 0.1) is 11.8 Å². The Morgan fingerprint density at radius 1 is 0.667 bits per heavy atom. The number of halogens is 5. The quantitative estimate of drug-likeness (QED) is 0.0983. The van der Waals surface area contributed by atoms with E-state index in [9.17, 15) is 14.7 Å². The number of unbranched alkanes of at least 4 members (excludes halogenated alkanes) is 4. The van der Waals surface area contributed by atoms with Gasteiger partial charge in [-0.05, 0) is 37.3 Å². The van der Waals surface area contributed by atoms with Gasteiger partial charge in [-0.1, -0.05) is 105 Å². The molecule has 0 aliphatic carbocycles. The van der Waals surface area contributed by atoms with Gasteiger partial charge in [0.1, 0.15) is 32.3 Å². The summed E-state index contributed by atoms with van der Waals surface area (Å²) in [6.45, 7) is 9.15. The molecule has 0 radical (unpaired) electrons. The first-order chi connectivity index (χ1) is 23.8. The van der Waals surface area contributed by atoms with Crippen molar-refractivity contribution >= 4 is 54.7 Å². The van der Waals surface area contributed by atoms with E-state index in [1.165, 1.54) is 63.0 Å². The van der Waals surface area contributed by atoms with Gasteiger partial charge in [0.2, 0.25) is 5.24 Å². The van der Waals surface area contributed by atoms with E-state index in [-0.39, 0.29) is 57.4 Å². The van der Waals surface area contributed by atoms with Gasteiger partial charge in [0.15, 0.2) is 6.10 Å². The van der Waals surface area contributed by atoms with Gasteiger partial charge in [-0.3, -0.25) is 9.59 Å². The Kier molecular flexibility index (Phi) is 22.9. The minimum absolute atomic E-state index is 0. The third kappa shape index (κ3) is 16.1. The predicted molar refractivity (Wildman–Crippen MR) is 207 cm³/mol. The molecule has 6 heterocycles. The van der Waals surface area contributed by atoms with Gasteiger partial charge in [-0.2, -0.15) is 0 Å². The molecule has 6 saturated heterocycles.